The number of rotatable bonds is 9. The zero-order chi connectivity index (χ0) is 24.0. The molecule has 0 heterocycles. The van der Waals surface area contributed by atoms with Crippen molar-refractivity contribution in [2.24, 2.45) is 5.92 Å². The first-order valence-electron chi connectivity index (χ1n) is 11.8. The predicted molar refractivity (Wildman–Crippen MR) is 120 cm³/mol. The number of halogens is 4. The molecule has 1 atom stereocenters. The topological polar surface area (TPSA) is 33.0 Å². The molecule has 0 spiro atoms. The van der Waals surface area contributed by atoms with Gasteiger partial charge in [0.15, 0.2) is 0 Å². The minimum atomic E-state index is -4.14. The average molecular weight is 462 g/mol. The van der Waals surface area contributed by atoms with Gasteiger partial charge in [-0.3, -0.25) is 0 Å². The molecule has 0 aliphatic heterocycles. The Morgan fingerprint density at radius 3 is 2.18 bits per heavy atom. The van der Waals surface area contributed by atoms with Crippen molar-refractivity contribution in [3.63, 3.8) is 0 Å². The molecule has 1 aliphatic rings. The van der Waals surface area contributed by atoms with Gasteiger partial charge in [-0.1, -0.05) is 44.7 Å². The molecule has 1 fully saturated rings. The maximum Gasteiger partial charge on any atom is 0.389 e. The molecular formula is C27H31F4NO. The zero-order valence-corrected chi connectivity index (χ0v) is 19.2. The SMILES string of the molecule is CCCCCC1CCC(c2cc(F)c(C(F)(F)OC(C)c3ccc(C#N)cc3)c(F)c2)CC1. The van der Waals surface area contributed by atoms with Crippen LogP contribution in [-0.4, -0.2) is 0 Å². The van der Waals surface area contributed by atoms with E-state index in [1.54, 1.807) is 0 Å². The van der Waals surface area contributed by atoms with Gasteiger partial charge in [0.25, 0.3) is 0 Å². The Morgan fingerprint density at radius 1 is 1.03 bits per heavy atom. The van der Waals surface area contributed by atoms with Crippen LogP contribution in [0.3, 0.4) is 0 Å². The van der Waals surface area contributed by atoms with Crippen LogP contribution in [0.4, 0.5) is 17.6 Å². The highest BCUT2D eigenvalue weighted by atomic mass is 19.3. The van der Waals surface area contributed by atoms with Gasteiger partial charge in [0, 0.05) is 0 Å². The predicted octanol–water partition coefficient (Wildman–Crippen LogP) is 8.52. The Bertz CT molecular complexity index is 936. The summed E-state index contributed by atoms with van der Waals surface area (Å²) in [6, 6.07) is 9.94. The van der Waals surface area contributed by atoms with E-state index in [1.807, 2.05) is 6.07 Å². The molecule has 0 amide bonds. The van der Waals surface area contributed by atoms with E-state index in [9.17, 15) is 17.6 Å². The van der Waals surface area contributed by atoms with Crippen LogP contribution in [-0.2, 0) is 10.8 Å². The van der Waals surface area contributed by atoms with E-state index in [4.69, 9.17) is 10.00 Å². The highest BCUT2D eigenvalue weighted by Crippen LogP contribution is 2.42. The third-order valence-electron chi connectivity index (χ3n) is 6.72. The van der Waals surface area contributed by atoms with Crippen molar-refractivity contribution in [2.45, 2.75) is 83.3 Å². The Morgan fingerprint density at radius 2 is 1.64 bits per heavy atom. The molecule has 0 saturated heterocycles. The van der Waals surface area contributed by atoms with Crippen LogP contribution in [0.15, 0.2) is 36.4 Å². The molecule has 2 aromatic carbocycles. The number of unbranched alkanes of at least 4 members (excludes halogenated alkanes) is 2. The number of ether oxygens (including phenoxy) is 1. The van der Waals surface area contributed by atoms with Crippen molar-refractivity contribution in [2.75, 3.05) is 0 Å². The largest absolute Gasteiger partial charge is 0.389 e. The molecule has 1 aliphatic carbocycles. The lowest BCUT2D eigenvalue weighted by Crippen LogP contribution is -2.24. The second kappa shape index (κ2) is 11.2. The Labute approximate surface area is 193 Å². The lowest BCUT2D eigenvalue weighted by molar-refractivity contribution is -0.275. The maximum atomic E-state index is 14.8. The van der Waals surface area contributed by atoms with Crippen LogP contribution >= 0.6 is 0 Å². The first-order chi connectivity index (χ1) is 15.7. The first-order valence-corrected chi connectivity index (χ1v) is 11.8. The Hall–Kier alpha value is -2.39. The molecule has 33 heavy (non-hydrogen) atoms. The fraction of sp³-hybridized carbons (Fsp3) is 0.519. The molecule has 178 valence electrons. The highest BCUT2D eigenvalue weighted by Gasteiger charge is 2.41. The van der Waals surface area contributed by atoms with Gasteiger partial charge in [-0.05, 0) is 79.8 Å². The Balaban J connectivity index is 1.69. The van der Waals surface area contributed by atoms with Crippen molar-refractivity contribution in [1.29, 1.82) is 5.26 Å². The van der Waals surface area contributed by atoms with Gasteiger partial charge in [-0.2, -0.15) is 14.0 Å². The van der Waals surface area contributed by atoms with Gasteiger partial charge in [0.05, 0.1) is 17.7 Å². The fourth-order valence-electron chi connectivity index (χ4n) is 4.75. The van der Waals surface area contributed by atoms with E-state index in [1.165, 1.54) is 56.9 Å². The molecule has 3 rings (SSSR count). The average Bonchev–Trinajstić information content (AvgIpc) is 2.78. The second-order valence-electron chi connectivity index (χ2n) is 9.08. The summed E-state index contributed by atoms with van der Waals surface area (Å²) in [5.41, 5.74) is -0.168. The Kier molecular flexibility index (Phi) is 8.53. The molecule has 0 N–H and O–H groups in total. The summed E-state index contributed by atoms with van der Waals surface area (Å²) in [4.78, 5) is 0. The molecule has 2 nitrogen and oxygen atoms in total. The third kappa shape index (κ3) is 6.35. The number of alkyl halides is 2. The number of hydrogen-bond donors (Lipinski definition) is 0. The van der Waals surface area contributed by atoms with E-state index in [2.05, 4.69) is 6.92 Å². The van der Waals surface area contributed by atoms with Gasteiger partial charge in [0.2, 0.25) is 0 Å². The molecule has 6 heteroatoms. The lowest BCUT2D eigenvalue weighted by atomic mass is 9.77. The summed E-state index contributed by atoms with van der Waals surface area (Å²) in [6.07, 6.45) is 3.16. The van der Waals surface area contributed by atoms with Crippen molar-refractivity contribution in [3.8, 4) is 6.07 Å². The minimum Gasteiger partial charge on any atom is -0.309 e. The summed E-state index contributed by atoms with van der Waals surface area (Å²) >= 11 is 0. The number of nitriles is 1. The molecule has 1 saturated carbocycles. The van der Waals surface area contributed by atoms with Crippen molar-refractivity contribution < 1.29 is 22.3 Å². The molecule has 0 radical (unpaired) electrons. The minimum absolute atomic E-state index is 0.0161. The maximum absolute atomic E-state index is 14.8. The lowest BCUT2D eigenvalue weighted by Gasteiger charge is -2.29. The molecular weight excluding hydrogens is 430 g/mol. The van der Waals surface area contributed by atoms with Crippen LogP contribution in [0.1, 0.15) is 99.5 Å². The van der Waals surface area contributed by atoms with E-state index in [-0.39, 0.29) is 5.92 Å². The summed E-state index contributed by atoms with van der Waals surface area (Å²) in [5, 5.41) is 8.85. The summed E-state index contributed by atoms with van der Waals surface area (Å²) in [5.74, 6) is -1.94. The second-order valence-corrected chi connectivity index (χ2v) is 9.08. The number of nitrogens with zero attached hydrogens (tertiary/aromatic N) is 1. The normalized spacial score (nSPS) is 19.8. The van der Waals surface area contributed by atoms with E-state index in [0.717, 1.165) is 37.8 Å². The van der Waals surface area contributed by atoms with Gasteiger partial charge in [0.1, 0.15) is 17.2 Å². The molecule has 0 aromatic heterocycles. The van der Waals surface area contributed by atoms with Crippen molar-refractivity contribution >= 4 is 0 Å². The summed E-state index contributed by atoms with van der Waals surface area (Å²) in [6.45, 7) is 3.55. The first kappa shape index (κ1) is 25.2. The number of benzene rings is 2. The number of hydrogen-bond acceptors (Lipinski definition) is 2. The summed E-state index contributed by atoms with van der Waals surface area (Å²) in [7, 11) is 0. The van der Waals surface area contributed by atoms with Crippen LogP contribution in [0, 0.1) is 28.9 Å². The van der Waals surface area contributed by atoms with Gasteiger partial charge < -0.3 is 4.74 Å². The molecule has 1 unspecified atom stereocenters. The van der Waals surface area contributed by atoms with E-state index >= 15 is 0 Å². The zero-order valence-electron chi connectivity index (χ0n) is 19.2. The fourth-order valence-corrected chi connectivity index (χ4v) is 4.75. The van der Waals surface area contributed by atoms with Crippen LogP contribution in [0.25, 0.3) is 0 Å². The highest BCUT2D eigenvalue weighted by molar-refractivity contribution is 5.33. The van der Waals surface area contributed by atoms with E-state index in [0.29, 0.717) is 22.6 Å². The molecule has 0 bridgehead atoms. The smallest absolute Gasteiger partial charge is 0.309 e. The summed E-state index contributed by atoms with van der Waals surface area (Å²) < 4.78 is 63.9. The standard InChI is InChI=1S/C27H31F4NO/c1-3-4-5-6-19-7-13-22(14-8-19)23-15-24(28)26(25(29)16-23)27(30,31)33-18(2)21-11-9-20(17-32)10-12-21/h9-12,15-16,18-19,22H,3-8,13-14H2,1-2H3. The van der Waals surface area contributed by atoms with Crippen LogP contribution < -0.4 is 0 Å². The van der Waals surface area contributed by atoms with Crippen LogP contribution in [0.5, 0.6) is 0 Å². The van der Waals surface area contributed by atoms with Crippen molar-refractivity contribution in [1.82, 2.24) is 0 Å². The van der Waals surface area contributed by atoms with E-state index < -0.39 is 29.4 Å². The van der Waals surface area contributed by atoms with Gasteiger partial charge in [-0.15, -0.1) is 0 Å². The molecule has 2 aromatic rings. The monoisotopic (exact) mass is 461 g/mol. The van der Waals surface area contributed by atoms with Crippen molar-refractivity contribution in [3.05, 3.63) is 70.3 Å². The third-order valence-corrected chi connectivity index (χ3v) is 6.72. The van der Waals surface area contributed by atoms with Gasteiger partial charge in [-0.25, -0.2) is 8.78 Å². The van der Waals surface area contributed by atoms with Crippen LogP contribution in [0.2, 0.25) is 0 Å². The quantitative estimate of drug-likeness (QED) is 0.277. The van der Waals surface area contributed by atoms with Gasteiger partial charge >= 0.3 is 6.11 Å².